The Morgan fingerprint density at radius 1 is 0.816 bits per heavy atom. The number of nitrogens with one attached hydrogen (secondary N) is 1. The third-order valence-corrected chi connectivity index (χ3v) is 7.19. The number of aromatic nitrogens is 2. The van der Waals surface area contributed by atoms with Crippen molar-refractivity contribution in [1.82, 2.24) is 15.1 Å². The average molecular weight is 541 g/mol. The fourth-order valence-electron chi connectivity index (χ4n) is 4.48. The zero-order valence-electron chi connectivity index (χ0n) is 20.5. The van der Waals surface area contributed by atoms with Gasteiger partial charge in [-0.2, -0.15) is 5.10 Å². The van der Waals surface area contributed by atoms with Crippen LogP contribution in [0.15, 0.2) is 109 Å². The second-order valence-corrected chi connectivity index (χ2v) is 9.77. The predicted molar refractivity (Wildman–Crippen MR) is 155 cm³/mol. The number of carbonyl (C=O) groups excluding carboxylic acids is 1. The fourth-order valence-corrected chi connectivity index (χ4v) is 4.78. The van der Waals surface area contributed by atoms with Crippen molar-refractivity contribution in [3.8, 4) is 16.9 Å². The lowest BCUT2D eigenvalue weighted by atomic mass is 9.88. The van der Waals surface area contributed by atoms with Gasteiger partial charge in [0.15, 0.2) is 0 Å². The minimum atomic E-state index is -0.124. The highest BCUT2D eigenvalue weighted by atomic mass is 35.5. The molecule has 5 aromatic rings. The van der Waals surface area contributed by atoms with Gasteiger partial charge in [0.2, 0.25) is 0 Å². The number of nitrogens with two attached hydrogens (primary N) is 1. The highest BCUT2D eigenvalue weighted by molar-refractivity contribution is 6.42. The van der Waals surface area contributed by atoms with E-state index in [1.54, 1.807) is 35.0 Å². The van der Waals surface area contributed by atoms with Gasteiger partial charge < -0.3 is 11.1 Å². The smallest absolute Gasteiger partial charge is 0.251 e. The van der Waals surface area contributed by atoms with Crippen molar-refractivity contribution >= 4 is 34.9 Å². The summed E-state index contributed by atoms with van der Waals surface area (Å²) in [5.74, 6) is 0.546. The van der Waals surface area contributed by atoms with Crippen LogP contribution in [-0.2, 0) is 0 Å². The van der Waals surface area contributed by atoms with Crippen LogP contribution in [0.3, 0.4) is 0 Å². The standard InChI is InChI=1S/C31H26Cl2N4O/c32-27-16-13-24(19-28(27)33)29-20-30(34)37(36-29)25-14-11-23(12-15-25)31(38)35-18-17-26(21-7-3-1-4-8-21)22-9-5-2-6-10-22/h1-16,19-20,26H,17-18,34H2,(H,35,38). The summed E-state index contributed by atoms with van der Waals surface area (Å²) < 4.78 is 1.63. The van der Waals surface area contributed by atoms with Crippen molar-refractivity contribution in [2.75, 3.05) is 12.3 Å². The maximum atomic E-state index is 12.9. The third-order valence-electron chi connectivity index (χ3n) is 6.45. The Hall–Kier alpha value is -4.06. The zero-order valence-corrected chi connectivity index (χ0v) is 22.0. The van der Waals surface area contributed by atoms with E-state index in [1.807, 2.05) is 54.6 Å². The van der Waals surface area contributed by atoms with Gasteiger partial charge in [-0.05, 0) is 53.9 Å². The first kappa shape index (κ1) is 25.6. The van der Waals surface area contributed by atoms with Gasteiger partial charge in [0.05, 0.1) is 21.4 Å². The number of rotatable bonds is 8. The number of amides is 1. The Labute approximate surface area is 231 Å². The Bertz CT molecular complexity index is 1490. The van der Waals surface area contributed by atoms with Crippen LogP contribution in [0.5, 0.6) is 0 Å². The van der Waals surface area contributed by atoms with Crippen LogP contribution in [0.25, 0.3) is 16.9 Å². The summed E-state index contributed by atoms with van der Waals surface area (Å²) in [4.78, 5) is 12.9. The van der Waals surface area contributed by atoms with E-state index in [2.05, 4.69) is 34.7 Å². The van der Waals surface area contributed by atoms with Crippen LogP contribution >= 0.6 is 23.2 Å². The second-order valence-electron chi connectivity index (χ2n) is 8.96. The molecule has 0 spiro atoms. The highest BCUT2D eigenvalue weighted by Gasteiger charge is 2.15. The fraction of sp³-hybridized carbons (Fsp3) is 0.0968. The first-order valence-electron chi connectivity index (χ1n) is 12.3. The second kappa shape index (κ2) is 11.5. The number of hydrogen-bond acceptors (Lipinski definition) is 3. The number of hydrogen-bond donors (Lipinski definition) is 2. The molecular formula is C31H26Cl2N4O. The van der Waals surface area contributed by atoms with Gasteiger partial charge in [-0.25, -0.2) is 4.68 Å². The third kappa shape index (κ3) is 5.75. The molecule has 7 heteroatoms. The molecule has 0 radical (unpaired) electrons. The van der Waals surface area contributed by atoms with Gasteiger partial charge in [0.25, 0.3) is 5.91 Å². The van der Waals surface area contributed by atoms with Crippen LogP contribution in [-0.4, -0.2) is 22.2 Å². The van der Waals surface area contributed by atoms with Crippen LogP contribution < -0.4 is 11.1 Å². The summed E-state index contributed by atoms with van der Waals surface area (Å²) >= 11 is 12.2. The lowest BCUT2D eigenvalue weighted by molar-refractivity contribution is 0.0953. The van der Waals surface area contributed by atoms with Crippen LogP contribution in [0.4, 0.5) is 5.82 Å². The zero-order chi connectivity index (χ0) is 26.5. The van der Waals surface area contributed by atoms with Gasteiger partial charge in [0, 0.05) is 29.7 Å². The van der Waals surface area contributed by atoms with Crippen molar-refractivity contribution in [3.63, 3.8) is 0 Å². The van der Waals surface area contributed by atoms with E-state index in [-0.39, 0.29) is 11.8 Å². The molecule has 0 atom stereocenters. The van der Waals surface area contributed by atoms with Crippen molar-refractivity contribution in [2.45, 2.75) is 12.3 Å². The Kier molecular flexibility index (Phi) is 7.78. The quantitative estimate of drug-likeness (QED) is 0.215. The first-order chi connectivity index (χ1) is 18.5. The van der Waals surface area contributed by atoms with Crippen molar-refractivity contribution in [3.05, 3.63) is 136 Å². The van der Waals surface area contributed by atoms with E-state index >= 15 is 0 Å². The molecule has 1 aromatic heterocycles. The minimum absolute atomic E-state index is 0.124. The van der Waals surface area contributed by atoms with E-state index < -0.39 is 0 Å². The van der Waals surface area contributed by atoms with E-state index in [0.29, 0.717) is 33.7 Å². The number of benzene rings is 4. The summed E-state index contributed by atoms with van der Waals surface area (Å²) in [7, 11) is 0. The van der Waals surface area contributed by atoms with Crippen LogP contribution in [0.1, 0.15) is 33.8 Å². The molecular weight excluding hydrogens is 515 g/mol. The molecule has 0 aliphatic carbocycles. The average Bonchev–Trinajstić information content (AvgIpc) is 3.35. The monoisotopic (exact) mass is 540 g/mol. The molecule has 0 aliphatic heterocycles. The van der Waals surface area contributed by atoms with Crippen molar-refractivity contribution in [1.29, 1.82) is 0 Å². The topological polar surface area (TPSA) is 72.9 Å². The molecule has 1 amide bonds. The molecule has 0 aliphatic rings. The minimum Gasteiger partial charge on any atom is -0.384 e. The van der Waals surface area contributed by atoms with Gasteiger partial charge >= 0.3 is 0 Å². The van der Waals surface area contributed by atoms with Crippen LogP contribution in [0, 0.1) is 0 Å². The summed E-state index contributed by atoms with van der Waals surface area (Å²) in [6, 6.07) is 35.0. The van der Waals surface area contributed by atoms with Gasteiger partial charge in [-0.1, -0.05) is 89.9 Å². The van der Waals surface area contributed by atoms with Crippen molar-refractivity contribution < 1.29 is 4.79 Å². The molecule has 190 valence electrons. The molecule has 0 saturated carbocycles. The Morgan fingerprint density at radius 2 is 1.45 bits per heavy atom. The summed E-state index contributed by atoms with van der Waals surface area (Å²) in [6.45, 7) is 0.550. The molecule has 3 N–H and O–H groups in total. The highest BCUT2D eigenvalue weighted by Crippen LogP contribution is 2.30. The summed E-state index contributed by atoms with van der Waals surface area (Å²) in [6.07, 6.45) is 0.791. The molecule has 1 heterocycles. The van der Waals surface area contributed by atoms with E-state index in [0.717, 1.165) is 17.7 Å². The molecule has 0 bridgehead atoms. The number of halogens is 2. The van der Waals surface area contributed by atoms with Crippen molar-refractivity contribution in [2.24, 2.45) is 0 Å². The summed E-state index contributed by atoms with van der Waals surface area (Å²) in [5.41, 5.74) is 11.5. The predicted octanol–water partition coefficient (Wildman–Crippen LogP) is 7.38. The van der Waals surface area contributed by atoms with Gasteiger partial charge in [0.1, 0.15) is 5.82 Å². The molecule has 4 aromatic carbocycles. The number of nitrogen functional groups attached to an aromatic ring is 1. The lowest BCUT2D eigenvalue weighted by Crippen LogP contribution is -2.25. The normalized spacial score (nSPS) is 11.0. The molecule has 5 rings (SSSR count). The van der Waals surface area contributed by atoms with E-state index in [9.17, 15) is 4.79 Å². The summed E-state index contributed by atoms with van der Waals surface area (Å²) in [5, 5.41) is 8.61. The maximum Gasteiger partial charge on any atom is 0.251 e. The molecule has 0 saturated heterocycles. The molecule has 38 heavy (non-hydrogen) atoms. The largest absolute Gasteiger partial charge is 0.384 e. The van der Waals surface area contributed by atoms with E-state index in [1.165, 1.54) is 11.1 Å². The Balaban J connectivity index is 1.25. The Morgan fingerprint density at radius 3 is 2.05 bits per heavy atom. The van der Waals surface area contributed by atoms with Gasteiger partial charge in [-0.3, -0.25) is 4.79 Å². The number of carbonyl (C=O) groups is 1. The first-order valence-corrected chi connectivity index (χ1v) is 13.0. The van der Waals surface area contributed by atoms with Gasteiger partial charge in [-0.15, -0.1) is 0 Å². The lowest BCUT2D eigenvalue weighted by Gasteiger charge is -2.18. The molecule has 0 unspecified atom stereocenters. The van der Waals surface area contributed by atoms with E-state index in [4.69, 9.17) is 28.9 Å². The molecule has 5 nitrogen and oxygen atoms in total. The number of nitrogens with zero attached hydrogens (tertiary/aromatic N) is 2. The molecule has 0 fully saturated rings. The SMILES string of the molecule is Nc1cc(-c2ccc(Cl)c(Cl)c2)nn1-c1ccc(C(=O)NCCC(c2ccccc2)c2ccccc2)cc1. The van der Waals surface area contributed by atoms with Crippen LogP contribution in [0.2, 0.25) is 10.0 Å². The number of anilines is 1. The maximum absolute atomic E-state index is 12.9.